The molecule has 210 valence electrons. The lowest BCUT2D eigenvalue weighted by Crippen LogP contribution is -1.96. The second kappa shape index (κ2) is 9.07. The third-order valence-corrected chi connectivity index (χ3v) is 9.89. The number of fused-ring (bicyclic) bond motifs is 11. The number of hydrogen-bond acceptors (Lipinski definition) is 0. The minimum atomic E-state index is 1.21. The Morgan fingerprint density at radius 2 is 0.933 bits per heavy atom. The van der Waals surface area contributed by atoms with E-state index in [0.29, 0.717) is 0 Å². The van der Waals surface area contributed by atoms with Gasteiger partial charge in [-0.25, -0.2) is 0 Å². The summed E-state index contributed by atoms with van der Waals surface area (Å²) in [6.07, 6.45) is 0. The molecular weight excluding hydrogens is 544 g/mol. The number of aromatic nitrogens is 2. The molecule has 0 bridgehead atoms. The van der Waals surface area contributed by atoms with Gasteiger partial charge >= 0.3 is 0 Å². The van der Waals surface area contributed by atoms with E-state index >= 15 is 0 Å². The molecule has 0 saturated heterocycles. The van der Waals surface area contributed by atoms with Crippen LogP contribution in [0.15, 0.2) is 152 Å². The van der Waals surface area contributed by atoms with Crippen molar-refractivity contribution in [3.63, 3.8) is 0 Å². The van der Waals surface area contributed by atoms with Crippen LogP contribution in [0.4, 0.5) is 0 Å². The maximum atomic E-state index is 2.49. The lowest BCUT2D eigenvalue weighted by Gasteiger charge is -2.14. The fourth-order valence-electron chi connectivity index (χ4n) is 7.80. The van der Waals surface area contributed by atoms with E-state index in [1.54, 1.807) is 0 Å². The number of rotatable bonds is 2. The molecule has 45 heavy (non-hydrogen) atoms. The third kappa shape index (κ3) is 3.39. The van der Waals surface area contributed by atoms with Crippen LogP contribution in [0, 0.1) is 0 Å². The monoisotopic (exact) mass is 572 g/mol. The first-order valence-electron chi connectivity index (χ1n) is 15.6. The van der Waals surface area contributed by atoms with Gasteiger partial charge in [0.25, 0.3) is 0 Å². The Morgan fingerprint density at radius 1 is 0.356 bits per heavy atom. The Hall–Kier alpha value is -5.86. The summed E-state index contributed by atoms with van der Waals surface area (Å²) < 4.78 is 4.79. The highest BCUT2D eigenvalue weighted by atomic mass is 15.0. The number of nitrogens with zero attached hydrogens (tertiary/aromatic N) is 2. The molecule has 10 rings (SSSR count). The maximum absolute atomic E-state index is 2.49. The smallest absolute Gasteiger partial charge is 0.0547 e. The van der Waals surface area contributed by atoms with E-state index in [2.05, 4.69) is 168 Å². The molecule has 2 aromatic heterocycles. The third-order valence-electron chi connectivity index (χ3n) is 9.89. The molecule has 0 unspecified atom stereocenters. The van der Waals surface area contributed by atoms with Crippen molar-refractivity contribution in [1.29, 1.82) is 0 Å². The summed E-state index contributed by atoms with van der Waals surface area (Å²) in [5.74, 6) is 0. The molecular formula is C43H28N2. The lowest BCUT2D eigenvalue weighted by atomic mass is 9.99. The molecule has 0 atom stereocenters. The van der Waals surface area contributed by atoms with Gasteiger partial charge in [-0.2, -0.15) is 0 Å². The summed E-state index contributed by atoms with van der Waals surface area (Å²) in [6.45, 7) is 0. The average Bonchev–Trinajstić information content (AvgIpc) is 3.59. The van der Waals surface area contributed by atoms with E-state index in [0.717, 1.165) is 0 Å². The molecule has 0 N–H and O–H groups in total. The van der Waals surface area contributed by atoms with Crippen LogP contribution in [-0.4, -0.2) is 9.13 Å². The van der Waals surface area contributed by atoms with Crippen LogP contribution in [0.25, 0.3) is 92.7 Å². The van der Waals surface area contributed by atoms with Crippen molar-refractivity contribution in [2.45, 2.75) is 0 Å². The summed E-state index contributed by atoms with van der Waals surface area (Å²) in [5, 5.41) is 12.8. The molecule has 10 aromatic rings. The van der Waals surface area contributed by atoms with Crippen molar-refractivity contribution in [3.05, 3.63) is 152 Å². The Bertz CT molecular complexity index is 2830. The average molecular weight is 573 g/mol. The Kier molecular flexibility index (Phi) is 4.95. The topological polar surface area (TPSA) is 9.86 Å². The van der Waals surface area contributed by atoms with Crippen LogP contribution in [0.1, 0.15) is 0 Å². The van der Waals surface area contributed by atoms with Gasteiger partial charge in [0, 0.05) is 45.0 Å². The van der Waals surface area contributed by atoms with E-state index < -0.39 is 0 Å². The molecule has 2 heteroatoms. The van der Waals surface area contributed by atoms with Crippen LogP contribution < -0.4 is 0 Å². The largest absolute Gasteiger partial charge is 0.344 e. The van der Waals surface area contributed by atoms with Gasteiger partial charge in [-0.1, -0.05) is 109 Å². The number of benzene rings is 8. The normalized spacial score (nSPS) is 12.1. The molecule has 0 radical (unpaired) electrons. The van der Waals surface area contributed by atoms with E-state index in [1.165, 1.54) is 92.7 Å². The molecule has 8 aromatic carbocycles. The Morgan fingerprint density at radius 3 is 1.76 bits per heavy atom. The number of aryl methyl sites for hydroxylation is 1. The van der Waals surface area contributed by atoms with Crippen LogP contribution in [0.3, 0.4) is 0 Å². The molecule has 0 fully saturated rings. The summed E-state index contributed by atoms with van der Waals surface area (Å²) >= 11 is 0. The van der Waals surface area contributed by atoms with Crippen LogP contribution >= 0.6 is 0 Å². The van der Waals surface area contributed by atoms with Gasteiger partial charge in [0.05, 0.1) is 16.7 Å². The van der Waals surface area contributed by atoms with Gasteiger partial charge < -0.3 is 9.13 Å². The molecule has 2 nitrogen and oxygen atoms in total. The second-order valence-electron chi connectivity index (χ2n) is 12.2. The minimum Gasteiger partial charge on any atom is -0.344 e. The molecule has 0 spiro atoms. The fourth-order valence-corrected chi connectivity index (χ4v) is 7.80. The molecule has 0 aliphatic rings. The quantitative estimate of drug-likeness (QED) is 0.182. The van der Waals surface area contributed by atoms with Gasteiger partial charge in [0.15, 0.2) is 0 Å². The van der Waals surface area contributed by atoms with Crippen molar-refractivity contribution < 1.29 is 0 Å². The molecule has 0 aliphatic carbocycles. The van der Waals surface area contributed by atoms with Crippen molar-refractivity contribution >= 4 is 75.9 Å². The predicted molar refractivity (Wildman–Crippen MR) is 193 cm³/mol. The SMILES string of the molecule is Cn1c2ccccc2c2cc(-c3ccc4c(c3)c3c5ccccc5ccc3n4-c3cc4ccccc4c4ccccc34)ccc21. The van der Waals surface area contributed by atoms with Gasteiger partial charge in [0.2, 0.25) is 0 Å². The summed E-state index contributed by atoms with van der Waals surface area (Å²) in [7, 11) is 2.16. The van der Waals surface area contributed by atoms with Crippen molar-refractivity contribution in [2.75, 3.05) is 0 Å². The highest BCUT2D eigenvalue weighted by molar-refractivity contribution is 6.23. The highest BCUT2D eigenvalue weighted by Crippen LogP contribution is 2.42. The minimum absolute atomic E-state index is 1.21. The fraction of sp³-hybridized carbons (Fsp3) is 0.0233. The van der Waals surface area contributed by atoms with E-state index in [9.17, 15) is 0 Å². The zero-order valence-electron chi connectivity index (χ0n) is 24.8. The van der Waals surface area contributed by atoms with E-state index in [4.69, 9.17) is 0 Å². The highest BCUT2D eigenvalue weighted by Gasteiger charge is 2.19. The van der Waals surface area contributed by atoms with Crippen molar-refractivity contribution in [1.82, 2.24) is 9.13 Å². The van der Waals surface area contributed by atoms with E-state index in [1.807, 2.05) is 0 Å². The van der Waals surface area contributed by atoms with Crippen LogP contribution in [-0.2, 0) is 7.05 Å². The molecule has 2 heterocycles. The Labute approximate surface area is 260 Å². The predicted octanol–water partition coefficient (Wildman–Crippen LogP) is 11.6. The first kappa shape index (κ1) is 24.6. The van der Waals surface area contributed by atoms with Crippen molar-refractivity contribution in [3.8, 4) is 16.8 Å². The van der Waals surface area contributed by atoms with E-state index in [-0.39, 0.29) is 0 Å². The van der Waals surface area contributed by atoms with Crippen LogP contribution in [0.5, 0.6) is 0 Å². The maximum Gasteiger partial charge on any atom is 0.0547 e. The first-order valence-corrected chi connectivity index (χ1v) is 15.6. The molecule has 0 saturated carbocycles. The van der Waals surface area contributed by atoms with Crippen molar-refractivity contribution in [2.24, 2.45) is 7.05 Å². The Balaban J connectivity index is 1.31. The second-order valence-corrected chi connectivity index (χ2v) is 12.2. The van der Waals surface area contributed by atoms with Gasteiger partial charge in [-0.15, -0.1) is 0 Å². The summed E-state index contributed by atoms with van der Waals surface area (Å²) in [5.41, 5.74) is 8.64. The first-order chi connectivity index (χ1) is 22.2. The number of para-hydroxylation sites is 1. The van der Waals surface area contributed by atoms with Crippen LogP contribution in [0.2, 0.25) is 0 Å². The molecule has 0 aliphatic heterocycles. The van der Waals surface area contributed by atoms with Gasteiger partial charge in [-0.3, -0.25) is 0 Å². The molecule has 0 amide bonds. The zero-order chi connectivity index (χ0) is 29.6. The zero-order valence-corrected chi connectivity index (χ0v) is 24.8. The summed E-state index contributed by atoms with van der Waals surface area (Å²) in [6, 6.07) is 56.0. The van der Waals surface area contributed by atoms with Gasteiger partial charge in [-0.05, 0) is 80.5 Å². The van der Waals surface area contributed by atoms with Gasteiger partial charge in [0.1, 0.15) is 0 Å². The lowest BCUT2D eigenvalue weighted by molar-refractivity contribution is 1.01. The summed E-state index contributed by atoms with van der Waals surface area (Å²) in [4.78, 5) is 0. The standard InChI is InChI=1S/C43H28N2/c1-44-38-17-9-8-16-35(38)36-24-28(19-21-39(36)44)29-20-22-40-37(25-29)43-32-13-5-2-10-27(32)18-23-41(43)45(40)42-26-30-11-3-4-12-31(30)33-14-6-7-15-34(33)42/h2-26H,1H3. The number of hydrogen-bond donors (Lipinski definition) is 0.